The third kappa shape index (κ3) is 3.94. The van der Waals surface area contributed by atoms with E-state index < -0.39 is 10.0 Å². The first-order valence-corrected chi connectivity index (χ1v) is 10.2. The van der Waals surface area contributed by atoms with E-state index in [9.17, 15) is 8.42 Å². The highest BCUT2D eigenvalue weighted by molar-refractivity contribution is 7.89. The van der Waals surface area contributed by atoms with Gasteiger partial charge in [-0.25, -0.2) is 13.1 Å². The molecule has 1 heterocycles. The fourth-order valence-corrected chi connectivity index (χ4v) is 4.03. The van der Waals surface area contributed by atoms with Crippen molar-refractivity contribution in [1.29, 1.82) is 0 Å². The molecule has 0 saturated heterocycles. The lowest BCUT2D eigenvalue weighted by Gasteiger charge is -2.23. The van der Waals surface area contributed by atoms with Crippen LogP contribution in [-0.2, 0) is 35.1 Å². The Kier molecular flexibility index (Phi) is 5.00. The van der Waals surface area contributed by atoms with E-state index in [0.29, 0.717) is 11.4 Å². The molecule has 1 aliphatic heterocycles. The maximum Gasteiger partial charge on any atom is 0.240 e. The fourth-order valence-electron chi connectivity index (χ4n) is 3.01. The van der Waals surface area contributed by atoms with Crippen molar-refractivity contribution in [2.45, 2.75) is 57.1 Å². The van der Waals surface area contributed by atoms with Crippen LogP contribution in [0.5, 0.6) is 0 Å². The largest absolute Gasteiger partial charge is 0.309 e. The van der Waals surface area contributed by atoms with Gasteiger partial charge in [0.15, 0.2) is 0 Å². The lowest BCUT2D eigenvalue weighted by Crippen LogP contribution is -2.23. The molecule has 0 bridgehead atoms. The summed E-state index contributed by atoms with van der Waals surface area (Å²) in [5, 5.41) is 3.30. The minimum atomic E-state index is -3.51. The second kappa shape index (κ2) is 6.90. The number of rotatable bonds is 6. The highest BCUT2D eigenvalue weighted by atomic mass is 32.2. The van der Waals surface area contributed by atoms with Gasteiger partial charge in [0.05, 0.1) is 4.90 Å². The summed E-state index contributed by atoms with van der Waals surface area (Å²) in [5.41, 5.74) is 4.73. The van der Waals surface area contributed by atoms with Crippen LogP contribution in [0.25, 0.3) is 0 Å². The van der Waals surface area contributed by atoms with Gasteiger partial charge < -0.3 is 5.32 Å². The zero-order chi connectivity index (χ0) is 18.1. The second-order valence-electron chi connectivity index (χ2n) is 7.29. The molecular formula is C20H26N2O2S. The number of fused-ring (bicyclic) bond motifs is 1. The molecule has 134 valence electrons. The average molecular weight is 359 g/mol. The first-order valence-electron chi connectivity index (χ1n) is 8.73. The predicted octanol–water partition coefficient (Wildman–Crippen LogP) is 3.46. The van der Waals surface area contributed by atoms with Crippen LogP contribution in [0.2, 0.25) is 0 Å². The molecule has 0 spiro atoms. The highest BCUT2D eigenvalue weighted by Crippen LogP contribution is 2.27. The molecule has 2 aromatic rings. The molecule has 0 aromatic heterocycles. The smallest absolute Gasteiger partial charge is 0.240 e. The Bertz CT molecular complexity index is 856. The molecule has 0 amide bonds. The second-order valence-corrected chi connectivity index (χ2v) is 9.06. The SMILES string of the molecule is CCC(C)(C)c1ccc(S(=O)(=O)NCc2ccc3c(c2)CNC3)cc1. The molecule has 3 rings (SSSR count). The topological polar surface area (TPSA) is 58.2 Å². The molecule has 0 aliphatic carbocycles. The third-order valence-electron chi connectivity index (χ3n) is 5.20. The van der Waals surface area contributed by atoms with E-state index in [1.165, 1.54) is 11.1 Å². The van der Waals surface area contributed by atoms with E-state index in [1.54, 1.807) is 12.1 Å². The van der Waals surface area contributed by atoms with Crippen LogP contribution < -0.4 is 10.0 Å². The third-order valence-corrected chi connectivity index (χ3v) is 6.62. The van der Waals surface area contributed by atoms with Crippen molar-refractivity contribution in [3.63, 3.8) is 0 Å². The van der Waals surface area contributed by atoms with Gasteiger partial charge in [-0.15, -0.1) is 0 Å². The van der Waals surface area contributed by atoms with Crippen molar-refractivity contribution in [2.75, 3.05) is 0 Å². The van der Waals surface area contributed by atoms with Gasteiger partial charge in [0.2, 0.25) is 10.0 Å². The van der Waals surface area contributed by atoms with E-state index in [2.05, 4.69) is 42.9 Å². The number of hydrogen-bond acceptors (Lipinski definition) is 3. The standard InChI is InChI=1S/C20H26N2O2S/c1-4-20(2,3)18-7-9-19(10-8-18)25(23,24)22-12-15-5-6-16-13-21-14-17(16)11-15/h5-11,21-22H,4,12-14H2,1-3H3. The average Bonchev–Trinajstić information content (AvgIpc) is 3.08. The predicted molar refractivity (Wildman–Crippen MR) is 101 cm³/mol. The molecule has 0 atom stereocenters. The monoisotopic (exact) mass is 358 g/mol. The number of benzene rings is 2. The van der Waals surface area contributed by atoms with E-state index in [4.69, 9.17) is 0 Å². The zero-order valence-corrected chi connectivity index (χ0v) is 15.9. The summed E-state index contributed by atoms with van der Waals surface area (Å²) >= 11 is 0. The Morgan fingerprint density at radius 1 is 1.04 bits per heavy atom. The molecule has 2 aromatic carbocycles. The van der Waals surface area contributed by atoms with Gasteiger partial charge in [0.1, 0.15) is 0 Å². The Morgan fingerprint density at radius 2 is 1.72 bits per heavy atom. The van der Waals surface area contributed by atoms with Gasteiger partial charge in [-0.05, 0) is 46.2 Å². The zero-order valence-electron chi connectivity index (χ0n) is 15.1. The summed E-state index contributed by atoms with van der Waals surface area (Å²) in [6, 6.07) is 13.4. The Hall–Kier alpha value is -1.69. The molecule has 25 heavy (non-hydrogen) atoms. The van der Waals surface area contributed by atoms with Crippen LogP contribution in [-0.4, -0.2) is 8.42 Å². The van der Waals surface area contributed by atoms with Gasteiger partial charge in [-0.3, -0.25) is 0 Å². The van der Waals surface area contributed by atoms with E-state index >= 15 is 0 Å². The van der Waals surface area contributed by atoms with Gasteiger partial charge in [-0.1, -0.05) is 51.1 Å². The van der Waals surface area contributed by atoms with Crippen molar-refractivity contribution in [1.82, 2.24) is 10.0 Å². The van der Waals surface area contributed by atoms with Crippen molar-refractivity contribution in [2.24, 2.45) is 0 Å². The summed E-state index contributed by atoms with van der Waals surface area (Å²) in [4.78, 5) is 0.311. The highest BCUT2D eigenvalue weighted by Gasteiger charge is 2.20. The lowest BCUT2D eigenvalue weighted by atomic mass is 9.82. The first-order chi connectivity index (χ1) is 11.8. The Balaban J connectivity index is 1.71. The number of hydrogen-bond donors (Lipinski definition) is 2. The molecule has 0 saturated carbocycles. The van der Waals surface area contributed by atoms with Gasteiger partial charge in [-0.2, -0.15) is 0 Å². The van der Waals surface area contributed by atoms with Gasteiger partial charge >= 0.3 is 0 Å². The van der Waals surface area contributed by atoms with Gasteiger partial charge in [0.25, 0.3) is 0 Å². The maximum absolute atomic E-state index is 12.5. The molecule has 5 heteroatoms. The summed E-state index contributed by atoms with van der Waals surface area (Å²) < 4.78 is 27.8. The van der Waals surface area contributed by atoms with Crippen LogP contribution in [0.3, 0.4) is 0 Å². The van der Waals surface area contributed by atoms with Crippen molar-refractivity contribution in [3.8, 4) is 0 Å². The molecular weight excluding hydrogens is 332 g/mol. The summed E-state index contributed by atoms with van der Waals surface area (Å²) in [5.74, 6) is 0. The molecule has 1 aliphatic rings. The molecule has 0 fully saturated rings. The number of nitrogens with one attached hydrogen (secondary N) is 2. The van der Waals surface area contributed by atoms with E-state index in [1.807, 2.05) is 18.2 Å². The molecule has 0 unspecified atom stereocenters. The Morgan fingerprint density at radius 3 is 2.40 bits per heavy atom. The van der Waals surface area contributed by atoms with Crippen molar-refractivity contribution in [3.05, 3.63) is 64.7 Å². The maximum atomic E-state index is 12.5. The van der Waals surface area contributed by atoms with Gasteiger partial charge in [0, 0.05) is 19.6 Å². The normalized spacial score (nSPS) is 14.5. The molecule has 4 nitrogen and oxygen atoms in total. The van der Waals surface area contributed by atoms with Crippen LogP contribution in [0, 0.1) is 0 Å². The van der Waals surface area contributed by atoms with Crippen molar-refractivity contribution >= 4 is 10.0 Å². The lowest BCUT2D eigenvalue weighted by molar-refractivity contribution is 0.505. The molecule has 2 N–H and O–H groups in total. The van der Waals surface area contributed by atoms with Crippen LogP contribution >= 0.6 is 0 Å². The van der Waals surface area contributed by atoms with Crippen LogP contribution in [0.1, 0.15) is 49.4 Å². The summed E-state index contributed by atoms with van der Waals surface area (Å²) in [6.07, 6.45) is 1.00. The quantitative estimate of drug-likeness (QED) is 0.831. The van der Waals surface area contributed by atoms with Crippen LogP contribution in [0.4, 0.5) is 0 Å². The molecule has 0 radical (unpaired) electrons. The van der Waals surface area contributed by atoms with Crippen LogP contribution in [0.15, 0.2) is 47.4 Å². The Labute approximate surface area is 150 Å². The fraction of sp³-hybridized carbons (Fsp3) is 0.400. The minimum absolute atomic E-state index is 0.0498. The summed E-state index contributed by atoms with van der Waals surface area (Å²) in [7, 11) is -3.51. The minimum Gasteiger partial charge on any atom is -0.309 e. The van der Waals surface area contributed by atoms with Crippen molar-refractivity contribution < 1.29 is 8.42 Å². The van der Waals surface area contributed by atoms with E-state index in [0.717, 1.165) is 30.6 Å². The number of sulfonamides is 1. The first kappa shape index (κ1) is 18.1. The summed E-state index contributed by atoms with van der Waals surface area (Å²) in [6.45, 7) is 8.51. The van der Waals surface area contributed by atoms with E-state index in [-0.39, 0.29) is 5.41 Å².